The first-order chi connectivity index (χ1) is 19.3. The Morgan fingerprint density at radius 2 is 2.02 bits per heavy atom. The Bertz CT molecular complexity index is 1090. The van der Waals surface area contributed by atoms with Crippen LogP contribution in [0.1, 0.15) is 82.8 Å². The lowest BCUT2D eigenvalue weighted by molar-refractivity contribution is -0.153. The summed E-state index contributed by atoms with van der Waals surface area (Å²) in [6.45, 7) is 6.08. The van der Waals surface area contributed by atoms with Gasteiger partial charge in [-0.05, 0) is 24.8 Å². The number of aromatic nitrogens is 1. The number of nitrogens with zero attached hydrogens (tertiary/aromatic N) is 2. The summed E-state index contributed by atoms with van der Waals surface area (Å²) >= 11 is 4.18. The molecule has 40 heavy (non-hydrogen) atoms. The number of esters is 1. The summed E-state index contributed by atoms with van der Waals surface area (Å²) in [4.78, 5) is 60.1. The summed E-state index contributed by atoms with van der Waals surface area (Å²) in [5, 5.41) is 9.13. The number of hydrogen-bond donors (Lipinski definition) is 2. The van der Waals surface area contributed by atoms with Crippen molar-refractivity contribution < 1.29 is 23.9 Å². The standard InChI is InChI=1S/C28H40N4O5S3/c1-4-5-6-7-8-12-24(34)38-13-10-9-11-19-14-22(33)29-15-23-30-21(17-39-23)27-31-20(16-40-27)26(35)32-25(18(2)3)28(36)37-19/h9,11,17-20,25H,4-8,10,12-16H2,1-3H3,(H,29,33)(H,32,35)/b11-9+/t19-,20+,25+/m1/s1. The molecule has 12 heteroatoms. The van der Waals surface area contributed by atoms with Crippen LogP contribution >= 0.6 is 34.9 Å². The van der Waals surface area contributed by atoms with Gasteiger partial charge in [0.15, 0.2) is 5.12 Å². The maximum atomic E-state index is 13.2. The van der Waals surface area contributed by atoms with E-state index in [0.717, 1.165) is 17.8 Å². The van der Waals surface area contributed by atoms with Gasteiger partial charge in [0.05, 0.1) is 13.0 Å². The summed E-state index contributed by atoms with van der Waals surface area (Å²) in [6, 6.07) is -1.49. The van der Waals surface area contributed by atoms with Gasteiger partial charge in [0, 0.05) is 23.3 Å². The number of cyclic esters (lactones) is 1. The zero-order valence-electron chi connectivity index (χ0n) is 23.5. The summed E-state index contributed by atoms with van der Waals surface area (Å²) in [5.74, 6) is -0.347. The molecular formula is C28H40N4O5S3. The number of thiazole rings is 1. The first kappa shape index (κ1) is 32.3. The summed E-state index contributed by atoms with van der Waals surface area (Å²) in [6.07, 6.45) is 9.44. The Hall–Kier alpha value is -2.18. The van der Waals surface area contributed by atoms with Crippen LogP contribution < -0.4 is 10.6 Å². The molecule has 0 spiro atoms. The lowest BCUT2D eigenvalue weighted by atomic mass is 10.0. The number of hydrogen-bond acceptors (Lipinski definition) is 10. The third-order valence-corrected chi connectivity index (χ3v) is 9.30. The van der Waals surface area contributed by atoms with E-state index in [0.29, 0.717) is 35.1 Å². The number of allylic oxidation sites excluding steroid dienone is 1. The van der Waals surface area contributed by atoms with E-state index in [1.165, 1.54) is 54.1 Å². The molecule has 0 fully saturated rings. The highest BCUT2D eigenvalue weighted by molar-refractivity contribution is 8.14. The highest BCUT2D eigenvalue weighted by atomic mass is 32.2. The van der Waals surface area contributed by atoms with Crippen molar-refractivity contribution in [2.45, 2.75) is 96.9 Å². The van der Waals surface area contributed by atoms with Gasteiger partial charge in [0.2, 0.25) is 11.8 Å². The van der Waals surface area contributed by atoms with Gasteiger partial charge in [-0.2, -0.15) is 0 Å². The third kappa shape index (κ3) is 10.7. The number of aliphatic imine (C=N–C) groups is 1. The Kier molecular flexibility index (Phi) is 13.7. The molecule has 3 rings (SSSR count). The summed E-state index contributed by atoms with van der Waals surface area (Å²) in [7, 11) is 0. The molecule has 0 radical (unpaired) electrons. The van der Waals surface area contributed by atoms with Gasteiger partial charge in [-0.1, -0.05) is 64.3 Å². The van der Waals surface area contributed by atoms with E-state index < -0.39 is 24.2 Å². The number of carbonyl (C=O) groups is 4. The Labute approximate surface area is 249 Å². The zero-order chi connectivity index (χ0) is 28.9. The highest BCUT2D eigenvalue weighted by Crippen LogP contribution is 2.25. The van der Waals surface area contributed by atoms with Gasteiger partial charge in [0.1, 0.15) is 33.9 Å². The van der Waals surface area contributed by atoms with E-state index in [2.05, 4.69) is 27.5 Å². The van der Waals surface area contributed by atoms with Crippen LogP contribution in [0.15, 0.2) is 22.5 Å². The molecular weight excluding hydrogens is 569 g/mol. The second-order valence-corrected chi connectivity index (χ2v) is 13.3. The van der Waals surface area contributed by atoms with Crippen LogP contribution in [0.2, 0.25) is 0 Å². The molecule has 2 amide bonds. The normalized spacial score (nSPS) is 22.2. The molecule has 0 saturated heterocycles. The molecule has 4 bridgehead atoms. The van der Waals surface area contributed by atoms with E-state index >= 15 is 0 Å². The van der Waals surface area contributed by atoms with Gasteiger partial charge < -0.3 is 15.4 Å². The number of amides is 2. The summed E-state index contributed by atoms with van der Waals surface area (Å²) < 4.78 is 5.74. The molecule has 2 aliphatic rings. The molecule has 0 aliphatic carbocycles. The van der Waals surface area contributed by atoms with E-state index in [1.54, 1.807) is 6.08 Å². The van der Waals surface area contributed by atoms with Crippen molar-refractivity contribution in [2.24, 2.45) is 10.9 Å². The molecule has 3 atom stereocenters. The number of ether oxygens (including phenoxy) is 1. The van der Waals surface area contributed by atoms with E-state index in [4.69, 9.17) is 4.74 Å². The molecule has 0 saturated carbocycles. The molecule has 0 aromatic carbocycles. The third-order valence-electron chi connectivity index (χ3n) is 6.42. The predicted molar refractivity (Wildman–Crippen MR) is 163 cm³/mol. The van der Waals surface area contributed by atoms with Gasteiger partial charge in [0.25, 0.3) is 0 Å². The van der Waals surface area contributed by atoms with Crippen LogP contribution in [0.25, 0.3) is 0 Å². The molecule has 1 aromatic rings. The van der Waals surface area contributed by atoms with Crippen LogP contribution in [0.4, 0.5) is 0 Å². The lowest BCUT2D eigenvalue weighted by Gasteiger charge is -2.24. The van der Waals surface area contributed by atoms with E-state index in [-0.39, 0.29) is 35.8 Å². The number of nitrogens with one attached hydrogen (secondary N) is 2. The molecule has 0 unspecified atom stereocenters. The monoisotopic (exact) mass is 608 g/mol. The average molecular weight is 609 g/mol. The number of rotatable bonds is 11. The van der Waals surface area contributed by atoms with E-state index in [9.17, 15) is 19.2 Å². The first-order valence-corrected chi connectivity index (χ1v) is 16.9. The van der Waals surface area contributed by atoms with Gasteiger partial charge in [-0.3, -0.25) is 19.4 Å². The van der Waals surface area contributed by atoms with Crippen molar-refractivity contribution in [1.29, 1.82) is 0 Å². The minimum absolute atomic E-state index is 0.0613. The van der Waals surface area contributed by atoms with Gasteiger partial charge >= 0.3 is 5.97 Å². The smallest absolute Gasteiger partial charge is 0.329 e. The average Bonchev–Trinajstić information content (AvgIpc) is 3.59. The number of carbonyl (C=O) groups excluding carboxylic acids is 4. The Balaban J connectivity index is 1.62. The first-order valence-electron chi connectivity index (χ1n) is 14.0. The van der Waals surface area contributed by atoms with Gasteiger partial charge in [-0.25, -0.2) is 9.78 Å². The van der Waals surface area contributed by atoms with Crippen LogP contribution in [0.3, 0.4) is 0 Å². The Morgan fingerprint density at radius 1 is 1.23 bits per heavy atom. The number of fused-ring (bicyclic) bond motifs is 4. The van der Waals surface area contributed by atoms with Crippen molar-refractivity contribution in [3.05, 3.63) is 28.2 Å². The zero-order valence-corrected chi connectivity index (χ0v) is 25.9. The highest BCUT2D eigenvalue weighted by Gasteiger charge is 2.33. The van der Waals surface area contributed by atoms with Crippen molar-refractivity contribution in [3.8, 4) is 0 Å². The van der Waals surface area contributed by atoms with Crippen LogP contribution in [-0.2, 0) is 30.5 Å². The van der Waals surface area contributed by atoms with Crippen molar-refractivity contribution >= 4 is 62.8 Å². The molecule has 2 aliphatic heterocycles. The van der Waals surface area contributed by atoms with Crippen molar-refractivity contribution in [3.63, 3.8) is 0 Å². The molecule has 1 aromatic heterocycles. The largest absolute Gasteiger partial charge is 0.456 e. The topological polar surface area (TPSA) is 127 Å². The minimum Gasteiger partial charge on any atom is -0.456 e. The maximum absolute atomic E-state index is 13.2. The van der Waals surface area contributed by atoms with Crippen LogP contribution in [-0.4, -0.2) is 62.6 Å². The maximum Gasteiger partial charge on any atom is 0.329 e. The number of thioether (sulfide) groups is 2. The molecule has 3 heterocycles. The fraction of sp³-hybridized carbons (Fsp3) is 0.643. The Morgan fingerprint density at radius 3 is 2.80 bits per heavy atom. The molecule has 220 valence electrons. The summed E-state index contributed by atoms with van der Waals surface area (Å²) in [5.41, 5.74) is 0.690. The van der Waals surface area contributed by atoms with Crippen molar-refractivity contribution in [2.75, 3.05) is 11.5 Å². The van der Waals surface area contributed by atoms with E-state index in [1.807, 2.05) is 25.3 Å². The lowest BCUT2D eigenvalue weighted by Crippen LogP contribution is -2.49. The SMILES string of the molecule is CCCCCCCC(=O)SCC/C=C/[C@@H]1CC(=O)NCc2nc(cs2)C2=N[C@@H](CS2)C(=O)N[C@@H](C(C)C)C(=O)O1. The quantitative estimate of drug-likeness (QED) is 0.211. The number of unbranched alkanes of at least 4 members (excludes halogenated alkanes) is 4. The van der Waals surface area contributed by atoms with Crippen molar-refractivity contribution in [1.82, 2.24) is 15.6 Å². The minimum atomic E-state index is -0.875. The molecule has 9 nitrogen and oxygen atoms in total. The fourth-order valence-electron chi connectivity index (χ4n) is 4.12. The van der Waals surface area contributed by atoms with Gasteiger partial charge in [-0.15, -0.1) is 23.1 Å². The van der Waals surface area contributed by atoms with Crippen LogP contribution in [0.5, 0.6) is 0 Å². The molecule has 2 N–H and O–H groups in total. The van der Waals surface area contributed by atoms with Crippen LogP contribution in [0, 0.1) is 5.92 Å². The second-order valence-electron chi connectivity index (χ2n) is 10.2. The fourth-order valence-corrected chi connectivity index (χ4v) is 6.68. The second kappa shape index (κ2) is 16.9. The predicted octanol–water partition coefficient (Wildman–Crippen LogP) is 4.64.